The van der Waals surface area contributed by atoms with Crippen LogP contribution in [-0.2, 0) is 16.6 Å². The molecule has 1 aromatic carbocycles. The van der Waals surface area contributed by atoms with Crippen molar-refractivity contribution < 1.29 is 8.42 Å². The zero-order valence-electron chi connectivity index (χ0n) is 10.5. The summed E-state index contributed by atoms with van der Waals surface area (Å²) in [5, 5.41) is 4.83. The molecule has 8 heteroatoms. The fourth-order valence-corrected chi connectivity index (χ4v) is 5.12. The SMILES string of the molecule is CNCc1csc(S(=O)(=O)Nc2ccc(Br)cc2Br)c1. The number of benzene rings is 1. The smallest absolute Gasteiger partial charge is 0.271 e. The van der Waals surface area contributed by atoms with Gasteiger partial charge >= 0.3 is 0 Å². The number of hydrogen-bond donors (Lipinski definition) is 2. The van der Waals surface area contributed by atoms with Gasteiger partial charge in [-0.05, 0) is 58.2 Å². The van der Waals surface area contributed by atoms with Gasteiger partial charge in [0.1, 0.15) is 4.21 Å². The maximum atomic E-state index is 12.3. The Balaban J connectivity index is 2.26. The molecule has 0 radical (unpaired) electrons. The van der Waals surface area contributed by atoms with Crippen LogP contribution in [0.2, 0.25) is 0 Å². The maximum absolute atomic E-state index is 12.3. The van der Waals surface area contributed by atoms with Crippen molar-refractivity contribution in [2.75, 3.05) is 11.8 Å². The molecule has 1 aromatic heterocycles. The van der Waals surface area contributed by atoms with Crippen molar-refractivity contribution in [3.8, 4) is 0 Å². The zero-order valence-corrected chi connectivity index (χ0v) is 15.3. The topological polar surface area (TPSA) is 58.2 Å². The Morgan fingerprint density at radius 1 is 1.25 bits per heavy atom. The van der Waals surface area contributed by atoms with Crippen LogP contribution < -0.4 is 10.0 Å². The van der Waals surface area contributed by atoms with E-state index in [0.29, 0.717) is 20.9 Å². The molecule has 2 rings (SSSR count). The first-order chi connectivity index (χ1) is 9.42. The second-order valence-corrected chi connectivity index (χ2v) is 8.62. The first-order valence-electron chi connectivity index (χ1n) is 5.62. The van der Waals surface area contributed by atoms with Gasteiger partial charge in [-0.3, -0.25) is 4.72 Å². The Hall–Kier alpha value is -0.410. The van der Waals surface area contributed by atoms with E-state index in [-0.39, 0.29) is 0 Å². The lowest BCUT2D eigenvalue weighted by atomic mass is 10.3. The van der Waals surface area contributed by atoms with E-state index in [4.69, 9.17) is 0 Å². The van der Waals surface area contributed by atoms with E-state index in [2.05, 4.69) is 41.9 Å². The number of nitrogens with one attached hydrogen (secondary N) is 2. The van der Waals surface area contributed by atoms with E-state index >= 15 is 0 Å². The molecule has 0 atom stereocenters. The van der Waals surface area contributed by atoms with Crippen molar-refractivity contribution in [3.05, 3.63) is 44.2 Å². The molecule has 20 heavy (non-hydrogen) atoms. The van der Waals surface area contributed by atoms with Crippen LogP contribution in [0.5, 0.6) is 0 Å². The van der Waals surface area contributed by atoms with E-state index in [1.165, 1.54) is 11.3 Å². The third-order valence-corrected chi connectivity index (χ3v) is 6.45. The molecule has 0 saturated carbocycles. The lowest BCUT2D eigenvalue weighted by Crippen LogP contribution is -2.12. The average molecular weight is 440 g/mol. The number of hydrogen-bond acceptors (Lipinski definition) is 4. The van der Waals surface area contributed by atoms with Crippen molar-refractivity contribution in [2.24, 2.45) is 0 Å². The third kappa shape index (κ3) is 3.82. The van der Waals surface area contributed by atoms with Gasteiger partial charge in [0, 0.05) is 15.5 Å². The van der Waals surface area contributed by atoms with Crippen molar-refractivity contribution in [1.29, 1.82) is 0 Å². The molecule has 0 aliphatic carbocycles. The highest BCUT2D eigenvalue weighted by Crippen LogP contribution is 2.29. The molecule has 0 spiro atoms. The van der Waals surface area contributed by atoms with Gasteiger partial charge in [-0.1, -0.05) is 15.9 Å². The fourth-order valence-electron chi connectivity index (χ4n) is 1.56. The van der Waals surface area contributed by atoms with Crippen LogP contribution in [0.15, 0.2) is 42.8 Å². The average Bonchev–Trinajstić information content (AvgIpc) is 2.83. The molecular formula is C12H12Br2N2O2S2. The second kappa shape index (κ2) is 6.57. The summed E-state index contributed by atoms with van der Waals surface area (Å²) < 4.78 is 29.0. The summed E-state index contributed by atoms with van der Waals surface area (Å²) in [4.78, 5) is 0. The molecular weight excluding hydrogens is 428 g/mol. The number of thiophene rings is 1. The summed E-state index contributed by atoms with van der Waals surface area (Å²) in [7, 11) is -1.73. The highest BCUT2D eigenvalue weighted by Gasteiger charge is 2.18. The van der Waals surface area contributed by atoms with Crippen LogP contribution in [0, 0.1) is 0 Å². The van der Waals surface area contributed by atoms with Crippen LogP contribution in [0.1, 0.15) is 5.56 Å². The molecule has 0 aliphatic rings. The van der Waals surface area contributed by atoms with E-state index in [1.54, 1.807) is 24.3 Å². The van der Waals surface area contributed by atoms with Crippen molar-refractivity contribution >= 4 is 58.9 Å². The molecule has 2 N–H and O–H groups in total. The quantitative estimate of drug-likeness (QED) is 0.744. The maximum Gasteiger partial charge on any atom is 0.271 e. The fraction of sp³-hybridized carbons (Fsp3) is 0.167. The summed E-state index contributed by atoms with van der Waals surface area (Å²) in [5.74, 6) is 0. The summed E-state index contributed by atoms with van der Waals surface area (Å²) >= 11 is 7.88. The highest BCUT2D eigenvalue weighted by atomic mass is 79.9. The molecule has 4 nitrogen and oxygen atoms in total. The van der Waals surface area contributed by atoms with Crippen molar-refractivity contribution in [2.45, 2.75) is 10.8 Å². The van der Waals surface area contributed by atoms with Crippen LogP contribution in [-0.4, -0.2) is 15.5 Å². The number of sulfonamides is 1. The van der Waals surface area contributed by atoms with E-state index in [1.807, 2.05) is 12.4 Å². The van der Waals surface area contributed by atoms with Gasteiger partial charge in [-0.15, -0.1) is 11.3 Å². The summed E-state index contributed by atoms with van der Waals surface area (Å²) in [6, 6.07) is 6.95. The molecule has 0 aliphatic heterocycles. The standard InChI is InChI=1S/C12H12Br2N2O2S2/c1-15-6-8-4-12(19-7-8)20(17,18)16-11-3-2-9(13)5-10(11)14/h2-5,7,15-16H,6H2,1H3. The second-order valence-electron chi connectivity index (χ2n) is 4.03. The van der Waals surface area contributed by atoms with Crippen LogP contribution in [0.4, 0.5) is 5.69 Å². The Morgan fingerprint density at radius 3 is 2.65 bits per heavy atom. The normalized spacial score (nSPS) is 11.6. The number of anilines is 1. The van der Waals surface area contributed by atoms with Crippen molar-refractivity contribution in [1.82, 2.24) is 5.32 Å². The summed E-state index contributed by atoms with van der Waals surface area (Å²) in [5.41, 5.74) is 1.46. The minimum absolute atomic E-state index is 0.303. The predicted octanol–water partition coefficient (Wildman–Crippen LogP) is 3.79. The number of halogens is 2. The summed E-state index contributed by atoms with van der Waals surface area (Å²) in [6.45, 7) is 0.647. The van der Waals surface area contributed by atoms with Gasteiger partial charge in [-0.2, -0.15) is 0 Å². The molecule has 0 bridgehead atoms. The molecule has 1 heterocycles. The largest absolute Gasteiger partial charge is 0.316 e. The molecule has 2 aromatic rings. The van der Waals surface area contributed by atoms with Gasteiger partial charge < -0.3 is 5.32 Å². The van der Waals surface area contributed by atoms with E-state index in [0.717, 1.165) is 10.0 Å². The Kier molecular flexibility index (Phi) is 5.25. The lowest BCUT2D eigenvalue weighted by molar-refractivity contribution is 0.603. The minimum atomic E-state index is -3.55. The Bertz CT molecular complexity index is 714. The van der Waals surface area contributed by atoms with Crippen LogP contribution in [0.25, 0.3) is 0 Å². The van der Waals surface area contributed by atoms with Gasteiger partial charge in [-0.25, -0.2) is 8.42 Å². The monoisotopic (exact) mass is 438 g/mol. The Morgan fingerprint density at radius 2 is 2.00 bits per heavy atom. The third-order valence-electron chi connectivity index (χ3n) is 2.45. The molecule has 0 fully saturated rings. The number of rotatable bonds is 5. The summed E-state index contributed by atoms with van der Waals surface area (Å²) in [6.07, 6.45) is 0. The molecule has 0 saturated heterocycles. The first-order valence-corrected chi connectivity index (χ1v) is 9.57. The van der Waals surface area contributed by atoms with Gasteiger partial charge in [0.25, 0.3) is 10.0 Å². The van der Waals surface area contributed by atoms with Gasteiger partial charge in [0.05, 0.1) is 5.69 Å². The molecule has 0 amide bonds. The van der Waals surface area contributed by atoms with Crippen LogP contribution in [0.3, 0.4) is 0 Å². The van der Waals surface area contributed by atoms with E-state index < -0.39 is 10.0 Å². The lowest BCUT2D eigenvalue weighted by Gasteiger charge is -2.08. The predicted molar refractivity (Wildman–Crippen MR) is 89.7 cm³/mol. The van der Waals surface area contributed by atoms with Crippen molar-refractivity contribution in [3.63, 3.8) is 0 Å². The molecule has 0 unspecified atom stereocenters. The van der Waals surface area contributed by atoms with Gasteiger partial charge in [0.2, 0.25) is 0 Å². The highest BCUT2D eigenvalue weighted by molar-refractivity contribution is 9.11. The zero-order chi connectivity index (χ0) is 14.8. The minimum Gasteiger partial charge on any atom is -0.316 e. The van der Waals surface area contributed by atoms with Gasteiger partial charge in [0.15, 0.2) is 0 Å². The van der Waals surface area contributed by atoms with E-state index in [9.17, 15) is 8.42 Å². The van der Waals surface area contributed by atoms with Crippen LogP contribution >= 0.6 is 43.2 Å². The molecule has 108 valence electrons. The Labute approximate surface area is 138 Å². The first kappa shape index (κ1) is 16.0.